The maximum absolute atomic E-state index is 14.1. The molecule has 0 saturated carbocycles. The van der Waals surface area contributed by atoms with Gasteiger partial charge in [0, 0.05) is 48.8 Å². The minimum atomic E-state index is -1.27. The zero-order valence-electron chi connectivity index (χ0n) is 19.8. The lowest BCUT2D eigenvalue weighted by atomic mass is 10.1. The molecule has 0 aliphatic heterocycles. The molecule has 0 aliphatic carbocycles. The van der Waals surface area contributed by atoms with E-state index in [1.54, 1.807) is 11.7 Å². The highest BCUT2D eigenvalue weighted by Crippen LogP contribution is 2.30. The summed E-state index contributed by atoms with van der Waals surface area (Å²) >= 11 is 0.914. The van der Waals surface area contributed by atoms with Crippen LogP contribution in [0.15, 0.2) is 47.8 Å². The van der Waals surface area contributed by atoms with Gasteiger partial charge in [0.25, 0.3) is 5.91 Å². The molecule has 0 spiro atoms. The zero-order chi connectivity index (χ0) is 26.0. The van der Waals surface area contributed by atoms with E-state index in [1.807, 2.05) is 20.0 Å². The van der Waals surface area contributed by atoms with Crippen molar-refractivity contribution in [1.29, 1.82) is 0 Å². The van der Waals surface area contributed by atoms with E-state index in [2.05, 4.69) is 15.1 Å². The van der Waals surface area contributed by atoms with Gasteiger partial charge in [-0.25, -0.2) is 22.5 Å². The molecule has 188 valence electrons. The van der Waals surface area contributed by atoms with E-state index in [9.17, 15) is 22.4 Å². The number of aromatic amines is 1. The van der Waals surface area contributed by atoms with Crippen molar-refractivity contribution < 1.29 is 22.4 Å². The lowest BCUT2D eigenvalue weighted by Gasteiger charge is -2.16. The molecule has 0 fully saturated rings. The van der Waals surface area contributed by atoms with E-state index in [1.165, 1.54) is 29.2 Å². The molecule has 0 bridgehead atoms. The van der Waals surface area contributed by atoms with Crippen molar-refractivity contribution in [2.24, 2.45) is 0 Å². The van der Waals surface area contributed by atoms with E-state index in [0.29, 0.717) is 12.1 Å². The molecule has 2 aromatic carbocycles. The van der Waals surface area contributed by atoms with Crippen molar-refractivity contribution in [2.75, 3.05) is 7.05 Å². The number of aryl methyl sites for hydroxylation is 2. The quantitative estimate of drug-likeness (QED) is 0.184. The van der Waals surface area contributed by atoms with Gasteiger partial charge < -0.3 is 9.88 Å². The van der Waals surface area contributed by atoms with Gasteiger partial charge in [0.15, 0.2) is 16.8 Å². The first-order chi connectivity index (χ1) is 17.2. The van der Waals surface area contributed by atoms with Gasteiger partial charge in [-0.1, -0.05) is 11.8 Å². The van der Waals surface area contributed by atoms with Crippen LogP contribution >= 0.6 is 11.8 Å². The summed E-state index contributed by atoms with van der Waals surface area (Å²) < 4.78 is 57.0. The van der Waals surface area contributed by atoms with Gasteiger partial charge >= 0.3 is 0 Å². The van der Waals surface area contributed by atoms with Crippen molar-refractivity contribution in [3.05, 3.63) is 88.4 Å². The van der Waals surface area contributed by atoms with Crippen LogP contribution in [0.25, 0.3) is 11.3 Å². The number of halogens is 4. The van der Waals surface area contributed by atoms with Crippen LogP contribution in [-0.2, 0) is 18.8 Å². The number of thioether (sulfide) groups is 1. The molecule has 36 heavy (non-hydrogen) atoms. The number of nitrogens with zero attached hydrogens (tertiary/aromatic N) is 4. The smallest absolute Gasteiger partial charge is 0.272 e. The van der Waals surface area contributed by atoms with E-state index in [-0.39, 0.29) is 34.7 Å². The molecule has 0 saturated heterocycles. The Hall–Kier alpha value is -3.60. The second-order valence-corrected chi connectivity index (χ2v) is 9.10. The van der Waals surface area contributed by atoms with Crippen LogP contribution in [0.4, 0.5) is 17.6 Å². The van der Waals surface area contributed by atoms with Crippen LogP contribution in [0.5, 0.6) is 0 Å². The van der Waals surface area contributed by atoms with Gasteiger partial charge in [-0.3, -0.25) is 9.48 Å². The highest BCUT2D eigenvalue weighted by molar-refractivity contribution is 7.98. The number of carbonyl (C=O) groups excluding carboxylic acids is 1. The molecule has 6 nitrogen and oxygen atoms in total. The molecule has 11 heteroatoms. The Morgan fingerprint density at radius 2 is 1.78 bits per heavy atom. The third kappa shape index (κ3) is 5.30. The summed E-state index contributed by atoms with van der Waals surface area (Å²) in [5.41, 5.74) is 2.11. The van der Waals surface area contributed by atoms with E-state index in [0.717, 1.165) is 35.2 Å². The Kier molecular flexibility index (Phi) is 7.48. The highest BCUT2D eigenvalue weighted by Gasteiger charge is 2.24. The third-order valence-corrected chi connectivity index (χ3v) is 6.53. The highest BCUT2D eigenvalue weighted by atomic mass is 32.2. The Morgan fingerprint density at radius 3 is 2.44 bits per heavy atom. The van der Waals surface area contributed by atoms with Gasteiger partial charge in [0.1, 0.15) is 23.0 Å². The van der Waals surface area contributed by atoms with Crippen LogP contribution in [0.1, 0.15) is 34.2 Å². The van der Waals surface area contributed by atoms with Crippen LogP contribution in [-0.4, -0.2) is 37.6 Å². The first-order valence-corrected chi connectivity index (χ1v) is 12.1. The molecule has 2 heterocycles. The van der Waals surface area contributed by atoms with Crippen LogP contribution < -0.4 is 0 Å². The van der Waals surface area contributed by atoms with Crippen molar-refractivity contribution in [3.63, 3.8) is 0 Å². The van der Waals surface area contributed by atoms with Crippen molar-refractivity contribution in [1.82, 2.24) is 24.6 Å². The monoisotopic (exact) mass is 517 g/mol. The molecule has 1 amide bonds. The van der Waals surface area contributed by atoms with Crippen molar-refractivity contribution >= 4 is 17.7 Å². The zero-order valence-corrected chi connectivity index (χ0v) is 20.6. The normalized spacial score (nSPS) is 11.2. The molecular weight excluding hydrogens is 494 g/mol. The van der Waals surface area contributed by atoms with Gasteiger partial charge in [-0.05, 0) is 50.2 Å². The summed E-state index contributed by atoms with van der Waals surface area (Å²) in [4.78, 5) is 22.3. The predicted molar refractivity (Wildman–Crippen MR) is 128 cm³/mol. The maximum Gasteiger partial charge on any atom is 0.272 e. The molecular formula is C25H23F4N5OS. The number of nitrogens with one attached hydrogen (secondary N) is 1. The minimum Gasteiger partial charge on any atom is -0.336 e. The van der Waals surface area contributed by atoms with Gasteiger partial charge in [0.05, 0.1) is 5.69 Å². The first kappa shape index (κ1) is 25.5. The number of H-pyrrole nitrogens is 1. The third-order valence-electron chi connectivity index (χ3n) is 5.63. The summed E-state index contributed by atoms with van der Waals surface area (Å²) in [7, 11) is 1.63. The van der Waals surface area contributed by atoms with E-state index in [4.69, 9.17) is 0 Å². The summed E-state index contributed by atoms with van der Waals surface area (Å²) in [6, 6.07) is 7.03. The largest absolute Gasteiger partial charge is 0.336 e. The Bertz CT molecular complexity index is 1400. The number of carbonyl (C=O) groups is 1. The second-order valence-electron chi connectivity index (χ2n) is 8.14. The van der Waals surface area contributed by atoms with E-state index >= 15 is 0 Å². The number of amides is 1. The second kappa shape index (κ2) is 10.6. The average Bonchev–Trinajstić information content (AvgIpc) is 3.44. The molecule has 0 aliphatic rings. The fourth-order valence-corrected chi connectivity index (χ4v) is 4.50. The Labute approximate surface area is 209 Å². The van der Waals surface area contributed by atoms with Crippen molar-refractivity contribution in [3.8, 4) is 11.3 Å². The molecule has 0 atom stereocenters. The van der Waals surface area contributed by atoms with Crippen LogP contribution in [0, 0.1) is 30.2 Å². The summed E-state index contributed by atoms with van der Waals surface area (Å²) in [6.07, 6.45) is 1.87. The standard InChI is InChI=1S/C25H23F4N5OS/c1-4-34-12-16(14(2)32-34)11-33(3)24(35)23-22(15-5-7-17(26)8-6-15)30-25(31-23)36-13-18-19(27)9-10-20(28)21(18)29/h5-10,12H,4,11,13H2,1-3H3,(H,30,31). The Balaban J connectivity index is 1.64. The summed E-state index contributed by atoms with van der Waals surface area (Å²) in [5, 5.41) is 4.60. The average molecular weight is 518 g/mol. The maximum atomic E-state index is 14.1. The molecule has 2 aromatic heterocycles. The number of imidazole rings is 1. The van der Waals surface area contributed by atoms with Crippen molar-refractivity contribution in [2.45, 2.75) is 37.8 Å². The molecule has 0 unspecified atom stereocenters. The minimum absolute atomic E-state index is 0.132. The summed E-state index contributed by atoms with van der Waals surface area (Å²) in [5.74, 6) is -4.41. The van der Waals surface area contributed by atoms with Crippen LogP contribution in [0.2, 0.25) is 0 Å². The number of aromatic nitrogens is 4. The molecule has 4 aromatic rings. The van der Waals surface area contributed by atoms with E-state index < -0.39 is 28.8 Å². The molecule has 1 N–H and O–H groups in total. The summed E-state index contributed by atoms with van der Waals surface area (Å²) in [6.45, 7) is 4.81. The van der Waals surface area contributed by atoms with Gasteiger partial charge in [-0.15, -0.1) is 0 Å². The van der Waals surface area contributed by atoms with Crippen LogP contribution in [0.3, 0.4) is 0 Å². The fourth-order valence-electron chi connectivity index (χ4n) is 3.63. The SMILES string of the molecule is CCn1cc(CN(C)C(=O)c2[nH]c(SCc3c(F)ccc(F)c3F)nc2-c2ccc(F)cc2)c(C)n1. The number of benzene rings is 2. The van der Waals surface area contributed by atoms with Gasteiger partial charge in [0.2, 0.25) is 0 Å². The number of hydrogen-bond donors (Lipinski definition) is 1. The predicted octanol–water partition coefficient (Wildman–Crippen LogP) is 5.72. The number of hydrogen-bond acceptors (Lipinski definition) is 4. The van der Waals surface area contributed by atoms with Gasteiger partial charge in [-0.2, -0.15) is 5.10 Å². The fraction of sp³-hybridized carbons (Fsp3) is 0.240. The molecule has 4 rings (SSSR count). The topological polar surface area (TPSA) is 66.8 Å². The number of rotatable bonds is 8. The molecule has 0 radical (unpaired) electrons. The Morgan fingerprint density at radius 1 is 1.08 bits per heavy atom. The lowest BCUT2D eigenvalue weighted by Crippen LogP contribution is -2.27. The lowest BCUT2D eigenvalue weighted by molar-refractivity contribution is 0.0780. The first-order valence-electron chi connectivity index (χ1n) is 11.1.